The summed E-state index contributed by atoms with van der Waals surface area (Å²) in [4.78, 5) is 59.1. The summed E-state index contributed by atoms with van der Waals surface area (Å²) >= 11 is 0. The van der Waals surface area contributed by atoms with E-state index in [0.717, 1.165) is 32.6 Å². The molecule has 0 bridgehead atoms. The van der Waals surface area contributed by atoms with Gasteiger partial charge in [-0.05, 0) is 80.4 Å². The molecule has 2 aromatic carbocycles. The van der Waals surface area contributed by atoms with Gasteiger partial charge in [-0.2, -0.15) is 10.2 Å². The number of aryl methyl sites for hydroxylation is 2. The molecular formula is C40H37N9O7. The zero-order valence-corrected chi connectivity index (χ0v) is 31.1. The van der Waals surface area contributed by atoms with Crippen molar-refractivity contribution in [1.29, 1.82) is 0 Å². The number of benzene rings is 2. The van der Waals surface area contributed by atoms with Gasteiger partial charge >= 0.3 is 5.97 Å². The Morgan fingerprint density at radius 1 is 0.679 bits per heavy atom. The van der Waals surface area contributed by atoms with Crippen molar-refractivity contribution in [3.05, 3.63) is 105 Å². The maximum Gasteiger partial charge on any atom is 0.335 e. The van der Waals surface area contributed by atoms with Crippen LogP contribution in [0.2, 0.25) is 0 Å². The van der Waals surface area contributed by atoms with E-state index in [1.807, 2.05) is 20.8 Å². The van der Waals surface area contributed by atoms with E-state index in [1.54, 1.807) is 70.3 Å². The predicted octanol–water partition coefficient (Wildman–Crippen LogP) is 5.38. The van der Waals surface area contributed by atoms with Crippen molar-refractivity contribution in [1.82, 2.24) is 44.8 Å². The number of nitrogens with one attached hydrogen (secondary N) is 3. The van der Waals surface area contributed by atoms with Gasteiger partial charge in [-0.15, -0.1) is 0 Å². The molecule has 0 aliphatic carbocycles. The van der Waals surface area contributed by atoms with Gasteiger partial charge in [0, 0.05) is 59.5 Å². The smallest absolute Gasteiger partial charge is 0.335 e. The molecule has 0 spiro atoms. The van der Waals surface area contributed by atoms with E-state index < -0.39 is 5.97 Å². The highest BCUT2D eigenvalue weighted by molar-refractivity contribution is 6.04. The third kappa shape index (κ3) is 6.57. The Morgan fingerprint density at radius 2 is 1.14 bits per heavy atom. The van der Waals surface area contributed by atoms with E-state index in [-0.39, 0.29) is 22.6 Å². The normalized spacial score (nSPS) is 11.2. The van der Waals surface area contributed by atoms with Crippen LogP contribution in [-0.2, 0) is 13.1 Å². The molecule has 56 heavy (non-hydrogen) atoms. The molecule has 0 atom stereocenters. The number of aromatic amines is 2. The highest BCUT2D eigenvalue weighted by atomic mass is 16.5. The summed E-state index contributed by atoms with van der Waals surface area (Å²) < 4.78 is 13.9. The van der Waals surface area contributed by atoms with Crippen molar-refractivity contribution in [3.63, 3.8) is 0 Å². The Morgan fingerprint density at radius 3 is 1.57 bits per heavy atom. The molecule has 16 nitrogen and oxygen atoms in total. The number of aromatic nitrogens is 8. The van der Waals surface area contributed by atoms with Crippen LogP contribution in [-0.4, -0.2) is 77.2 Å². The van der Waals surface area contributed by atoms with E-state index in [9.17, 15) is 24.3 Å². The topological polar surface area (TPSA) is 212 Å². The Balaban J connectivity index is 0.000000172. The van der Waals surface area contributed by atoms with Gasteiger partial charge in [-0.25, -0.2) is 14.8 Å². The maximum absolute atomic E-state index is 13.4. The van der Waals surface area contributed by atoms with Crippen LogP contribution < -0.4 is 25.9 Å². The SMILES string of the molecule is CCNC(=O)c1cc(OC)cc(-c2cc3cnc4[nH]ncc4c3n(CC)c2=O)c1.CCn1c(=O)c(-c2cc(OC)cc(C(=O)O)c2)cc2cnc3[nH]ncc3c21. The number of H-pyrrole nitrogens is 2. The number of nitrogens with zero attached hydrogens (tertiary/aromatic N) is 6. The van der Waals surface area contributed by atoms with Gasteiger partial charge < -0.3 is 29.0 Å². The fraction of sp³-hybridized carbons (Fsp3) is 0.200. The van der Waals surface area contributed by atoms with Crippen molar-refractivity contribution >= 4 is 55.7 Å². The first-order valence-electron chi connectivity index (χ1n) is 17.7. The van der Waals surface area contributed by atoms with Gasteiger partial charge in [0.15, 0.2) is 11.3 Å². The molecule has 0 unspecified atom stereocenters. The highest BCUT2D eigenvalue weighted by Crippen LogP contribution is 2.30. The number of carbonyl (C=O) groups is 2. The Hall–Kier alpha value is -7.36. The number of carboxylic acid groups (broad SMARTS) is 1. The van der Waals surface area contributed by atoms with Gasteiger partial charge in [-0.1, -0.05) is 0 Å². The van der Waals surface area contributed by atoms with Crippen molar-refractivity contribution in [2.45, 2.75) is 33.9 Å². The number of methoxy groups -OCH3 is 2. The molecule has 6 aromatic heterocycles. The average molecular weight is 756 g/mol. The average Bonchev–Trinajstić information content (AvgIpc) is 3.91. The third-order valence-corrected chi connectivity index (χ3v) is 9.44. The minimum Gasteiger partial charge on any atom is -0.497 e. The van der Waals surface area contributed by atoms with Crippen LogP contribution in [0.3, 0.4) is 0 Å². The number of ether oxygens (including phenoxy) is 2. The van der Waals surface area contributed by atoms with Crippen molar-refractivity contribution in [2.24, 2.45) is 0 Å². The number of carboxylic acids is 1. The maximum atomic E-state index is 13.4. The number of hydrogen-bond donors (Lipinski definition) is 4. The van der Waals surface area contributed by atoms with Crippen molar-refractivity contribution in [2.75, 3.05) is 20.8 Å². The Labute approximate surface area is 317 Å². The van der Waals surface area contributed by atoms with E-state index in [1.165, 1.54) is 26.4 Å². The molecule has 0 aliphatic heterocycles. The van der Waals surface area contributed by atoms with Gasteiger partial charge in [0.05, 0.1) is 54.0 Å². The number of amides is 1. The molecule has 0 radical (unpaired) electrons. The standard InChI is InChI=1S/C21H21N5O3.C19H16N4O4/c1-4-22-20(27)13-6-12(7-15(8-13)29-3)16-9-14-10-23-19-17(11-24-25-19)18(14)26(5-2)21(16)28;1-3-23-16-12(8-20-17-15(16)9-21-22-17)7-14(18(23)24)10-4-11(19(25)26)6-13(5-10)27-2/h6-11H,4-5H2,1-3H3,(H,22,27)(H,23,24,25);4-9H,3H2,1-2H3,(H,25,26)(H,20,21,22). The first kappa shape index (κ1) is 37.0. The second-order valence-corrected chi connectivity index (χ2v) is 12.7. The minimum atomic E-state index is -1.09. The monoisotopic (exact) mass is 755 g/mol. The Kier molecular flexibility index (Phi) is 10.0. The first-order chi connectivity index (χ1) is 27.1. The summed E-state index contributed by atoms with van der Waals surface area (Å²) in [5.74, 6) is -0.426. The number of aromatic carboxylic acids is 1. The Bertz CT molecular complexity index is 2940. The van der Waals surface area contributed by atoms with Crippen LogP contribution >= 0.6 is 0 Å². The summed E-state index contributed by atoms with van der Waals surface area (Å²) in [7, 11) is 2.99. The predicted molar refractivity (Wildman–Crippen MR) is 212 cm³/mol. The summed E-state index contributed by atoms with van der Waals surface area (Å²) in [6, 6.07) is 13.2. The van der Waals surface area contributed by atoms with Crippen molar-refractivity contribution < 1.29 is 24.2 Å². The number of pyridine rings is 4. The highest BCUT2D eigenvalue weighted by Gasteiger charge is 2.19. The number of fused-ring (bicyclic) bond motifs is 6. The lowest BCUT2D eigenvalue weighted by Gasteiger charge is -2.13. The second-order valence-electron chi connectivity index (χ2n) is 12.7. The lowest BCUT2D eigenvalue weighted by molar-refractivity contribution is 0.0696. The van der Waals surface area contributed by atoms with Crippen LogP contribution in [0.5, 0.6) is 11.5 Å². The van der Waals surface area contributed by atoms with Gasteiger partial charge in [0.2, 0.25) is 0 Å². The van der Waals surface area contributed by atoms with Gasteiger partial charge in [0.25, 0.3) is 17.0 Å². The van der Waals surface area contributed by atoms with E-state index in [0.29, 0.717) is 70.2 Å². The quantitative estimate of drug-likeness (QED) is 0.147. The lowest BCUT2D eigenvalue weighted by atomic mass is 10.0. The summed E-state index contributed by atoms with van der Waals surface area (Å²) in [6.45, 7) is 7.10. The summed E-state index contributed by atoms with van der Waals surface area (Å²) in [6.07, 6.45) is 6.71. The fourth-order valence-corrected chi connectivity index (χ4v) is 6.82. The molecular weight excluding hydrogens is 718 g/mol. The molecule has 8 aromatic rings. The minimum absolute atomic E-state index is 0.0512. The molecule has 0 saturated carbocycles. The zero-order chi connectivity index (χ0) is 39.7. The van der Waals surface area contributed by atoms with E-state index >= 15 is 0 Å². The molecule has 0 saturated heterocycles. The lowest BCUT2D eigenvalue weighted by Crippen LogP contribution is -2.23. The molecule has 4 N–H and O–H groups in total. The molecule has 0 fully saturated rings. The zero-order valence-electron chi connectivity index (χ0n) is 31.1. The number of rotatable bonds is 9. The molecule has 284 valence electrons. The van der Waals surface area contributed by atoms with Gasteiger partial charge in [-0.3, -0.25) is 24.6 Å². The number of carbonyl (C=O) groups excluding carboxylic acids is 1. The van der Waals surface area contributed by atoms with Crippen LogP contribution in [0.1, 0.15) is 41.5 Å². The van der Waals surface area contributed by atoms with Gasteiger partial charge in [0.1, 0.15) is 11.5 Å². The first-order valence-corrected chi connectivity index (χ1v) is 17.7. The van der Waals surface area contributed by atoms with Crippen LogP contribution in [0, 0.1) is 0 Å². The third-order valence-electron chi connectivity index (χ3n) is 9.44. The molecule has 1 amide bonds. The van der Waals surface area contributed by atoms with Crippen LogP contribution in [0.25, 0.3) is 66.1 Å². The molecule has 6 heterocycles. The van der Waals surface area contributed by atoms with E-state index in [4.69, 9.17) is 9.47 Å². The summed E-state index contributed by atoms with van der Waals surface area (Å²) in [5.41, 5.74) is 4.84. The van der Waals surface area contributed by atoms with Crippen LogP contribution in [0.4, 0.5) is 0 Å². The summed E-state index contributed by atoms with van der Waals surface area (Å²) in [5, 5.41) is 29.0. The molecule has 0 aliphatic rings. The second kappa shape index (κ2) is 15.2. The number of hydrogen-bond acceptors (Lipinski definition) is 10. The van der Waals surface area contributed by atoms with Crippen molar-refractivity contribution in [3.8, 4) is 33.8 Å². The van der Waals surface area contributed by atoms with E-state index in [2.05, 4.69) is 35.7 Å². The molecule has 16 heteroatoms. The van der Waals surface area contributed by atoms with Crippen LogP contribution in [0.15, 0.2) is 82.9 Å². The molecule has 8 rings (SSSR count). The fourth-order valence-electron chi connectivity index (χ4n) is 6.82. The largest absolute Gasteiger partial charge is 0.497 e.